The van der Waals surface area contributed by atoms with Crippen molar-refractivity contribution >= 4 is 0 Å². The molecule has 0 amide bonds. The van der Waals surface area contributed by atoms with Gasteiger partial charge in [-0.05, 0) is 51.3 Å². The van der Waals surface area contributed by atoms with Crippen molar-refractivity contribution in [3.05, 3.63) is 12.3 Å². The van der Waals surface area contributed by atoms with E-state index in [0.717, 1.165) is 19.3 Å². The first kappa shape index (κ1) is 12.9. The van der Waals surface area contributed by atoms with E-state index in [0.29, 0.717) is 12.0 Å². The first-order valence-corrected chi connectivity index (χ1v) is 6.93. The van der Waals surface area contributed by atoms with E-state index in [1.54, 1.807) is 13.4 Å². The molecule has 1 N–H and O–H groups in total. The summed E-state index contributed by atoms with van der Waals surface area (Å²) in [6, 6.07) is 0.590. The number of allylic oxidation sites excluding steroid dienone is 1. The fourth-order valence-electron chi connectivity index (χ4n) is 3.35. The first-order chi connectivity index (χ1) is 8.33. The molecule has 98 valence electrons. The molecule has 0 aromatic carbocycles. The summed E-state index contributed by atoms with van der Waals surface area (Å²) in [4.78, 5) is 2.60. The van der Waals surface area contributed by atoms with Crippen molar-refractivity contribution < 1.29 is 9.84 Å². The number of likely N-dealkylation sites (tertiary alicyclic amines) is 1. The molecule has 1 aliphatic heterocycles. The van der Waals surface area contributed by atoms with Crippen LogP contribution in [0.2, 0.25) is 0 Å². The van der Waals surface area contributed by atoms with Gasteiger partial charge in [-0.25, -0.2) is 0 Å². The van der Waals surface area contributed by atoms with Gasteiger partial charge < -0.3 is 14.7 Å². The van der Waals surface area contributed by atoms with E-state index in [-0.39, 0.29) is 6.10 Å². The van der Waals surface area contributed by atoms with Crippen molar-refractivity contribution in [1.29, 1.82) is 0 Å². The molecule has 0 unspecified atom stereocenters. The summed E-state index contributed by atoms with van der Waals surface area (Å²) in [7, 11) is 1.67. The number of rotatable bonds is 4. The minimum absolute atomic E-state index is 0.122. The van der Waals surface area contributed by atoms with Crippen LogP contribution >= 0.6 is 0 Å². The van der Waals surface area contributed by atoms with Gasteiger partial charge >= 0.3 is 0 Å². The zero-order valence-electron chi connectivity index (χ0n) is 10.8. The fourth-order valence-corrected chi connectivity index (χ4v) is 3.35. The predicted molar refractivity (Wildman–Crippen MR) is 68.7 cm³/mol. The Morgan fingerprint density at radius 1 is 1.24 bits per heavy atom. The van der Waals surface area contributed by atoms with Crippen molar-refractivity contribution in [3.63, 3.8) is 0 Å². The highest BCUT2D eigenvalue weighted by Crippen LogP contribution is 2.34. The van der Waals surface area contributed by atoms with Crippen LogP contribution in [0.3, 0.4) is 0 Å². The van der Waals surface area contributed by atoms with Crippen LogP contribution in [0.25, 0.3) is 0 Å². The van der Waals surface area contributed by atoms with Crippen LogP contribution in [-0.4, -0.2) is 42.4 Å². The maximum Gasteiger partial charge on any atom is 0.0784 e. The highest BCUT2D eigenvalue weighted by Gasteiger charge is 2.37. The van der Waals surface area contributed by atoms with Gasteiger partial charge in [-0.2, -0.15) is 0 Å². The first-order valence-electron chi connectivity index (χ1n) is 6.93. The summed E-state index contributed by atoms with van der Waals surface area (Å²) in [5, 5.41) is 10.1. The Morgan fingerprint density at radius 2 is 2.00 bits per heavy atom. The molecular formula is C14H25NO2. The molecule has 2 fully saturated rings. The Morgan fingerprint density at radius 3 is 2.71 bits per heavy atom. The molecule has 0 aromatic rings. The van der Waals surface area contributed by atoms with E-state index in [1.807, 2.05) is 0 Å². The smallest absolute Gasteiger partial charge is 0.0784 e. The van der Waals surface area contributed by atoms with Crippen LogP contribution in [0, 0.1) is 5.92 Å². The van der Waals surface area contributed by atoms with Crippen LogP contribution < -0.4 is 0 Å². The summed E-state index contributed by atoms with van der Waals surface area (Å²) < 4.78 is 4.94. The average molecular weight is 239 g/mol. The highest BCUT2D eigenvalue weighted by molar-refractivity contribution is 4.95. The lowest BCUT2D eigenvalue weighted by Gasteiger charge is -2.36. The summed E-state index contributed by atoms with van der Waals surface area (Å²) in [5.74, 6) is 0.402. The lowest BCUT2D eigenvalue weighted by atomic mass is 9.95. The lowest BCUT2D eigenvalue weighted by molar-refractivity contribution is 0.0764. The number of methoxy groups -OCH3 is 1. The van der Waals surface area contributed by atoms with Gasteiger partial charge in [-0.15, -0.1) is 0 Å². The Bertz CT molecular complexity index is 249. The number of hydrogen-bond donors (Lipinski definition) is 1. The van der Waals surface area contributed by atoms with Crippen molar-refractivity contribution in [3.8, 4) is 0 Å². The van der Waals surface area contributed by atoms with E-state index in [9.17, 15) is 5.11 Å². The second-order valence-electron chi connectivity index (χ2n) is 5.32. The van der Waals surface area contributed by atoms with Crippen molar-refractivity contribution in [2.75, 3.05) is 20.2 Å². The number of ether oxygens (including phenoxy) is 1. The molecule has 3 heteroatoms. The van der Waals surface area contributed by atoms with Gasteiger partial charge in [0.2, 0.25) is 0 Å². The maximum atomic E-state index is 10.1. The third kappa shape index (κ3) is 3.23. The van der Waals surface area contributed by atoms with Gasteiger partial charge in [0.05, 0.1) is 19.5 Å². The van der Waals surface area contributed by atoms with E-state index in [2.05, 4.69) is 11.0 Å². The molecule has 1 heterocycles. The van der Waals surface area contributed by atoms with E-state index in [1.165, 1.54) is 32.4 Å². The van der Waals surface area contributed by atoms with Gasteiger partial charge in [0, 0.05) is 12.0 Å². The van der Waals surface area contributed by atoms with Crippen LogP contribution in [0.5, 0.6) is 0 Å². The predicted octanol–water partition coefficient (Wildman–Crippen LogP) is 2.16. The molecule has 1 saturated carbocycles. The molecule has 1 aliphatic carbocycles. The summed E-state index contributed by atoms with van der Waals surface area (Å²) >= 11 is 0. The lowest BCUT2D eigenvalue weighted by Crippen LogP contribution is -2.42. The number of aliphatic hydroxyl groups excluding tert-OH is 1. The standard InChI is InChI=1S/C14H25NO2/c1-17-11-5-6-12-13(7-8-14(12)16)15-9-3-2-4-10-15/h5,11-14,16H,2-4,6-10H2,1H3/t12-,13+,14+/m1/s1. The fraction of sp³-hybridized carbons (Fsp3) is 0.857. The van der Waals surface area contributed by atoms with Gasteiger partial charge in [-0.3, -0.25) is 0 Å². The number of aliphatic hydroxyl groups is 1. The topological polar surface area (TPSA) is 32.7 Å². The van der Waals surface area contributed by atoms with Crippen LogP contribution in [0.4, 0.5) is 0 Å². The Balaban J connectivity index is 1.92. The van der Waals surface area contributed by atoms with E-state index >= 15 is 0 Å². The zero-order valence-corrected chi connectivity index (χ0v) is 10.8. The third-order valence-electron chi connectivity index (χ3n) is 4.25. The SMILES string of the molecule is COC=CC[C@H]1[C@@H](O)CC[C@@H]1N1CCCCC1. The number of hydrogen-bond acceptors (Lipinski definition) is 3. The monoisotopic (exact) mass is 239 g/mol. The quantitative estimate of drug-likeness (QED) is 0.763. The normalized spacial score (nSPS) is 35.5. The van der Waals surface area contributed by atoms with Gasteiger partial charge in [0.1, 0.15) is 0 Å². The minimum atomic E-state index is -0.122. The third-order valence-corrected chi connectivity index (χ3v) is 4.25. The summed E-state index contributed by atoms with van der Waals surface area (Å²) in [6.45, 7) is 2.45. The van der Waals surface area contributed by atoms with Crippen LogP contribution in [-0.2, 0) is 4.74 Å². The van der Waals surface area contributed by atoms with Crippen molar-refractivity contribution in [2.45, 2.75) is 50.7 Å². The maximum absolute atomic E-state index is 10.1. The Hall–Kier alpha value is -0.540. The summed E-state index contributed by atoms with van der Waals surface area (Å²) in [5.41, 5.74) is 0. The largest absolute Gasteiger partial charge is 0.505 e. The average Bonchev–Trinajstić information content (AvgIpc) is 2.73. The highest BCUT2D eigenvalue weighted by atomic mass is 16.5. The Labute approximate surface area is 104 Å². The van der Waals surface area contributed by atoms with Gasteiger partial charge in [0.15, 0.2) is 0 Å². The molecule has 3 atom stereocenters. The number of piperidine rings is 1. The molecule has 0 radical (unpaired) electrons. The second kappa shape index (κ2) is 6.41. The van der Waals surface area contributed by atoms with Crippen LogP contribution in [0.1, 0.15) is 38.5 Å². The van der Waals surface area contributed by atoms with Gasteiger partial charge in [0.25, 0.3) is 0 Å². The Kier molecular flexibility index (Phi) is 4.86. The second-order valence-corrected chi connectivity index (χ2v) is 5.32. The van der Waals surface area contributed by atoms with Crippen molar-refractivity contribution in [2.24, 2.45) is 5.92 Å². The molecule has 2 rings (SSSR count). The van der Waals surface area contributed by atoms with E-state index < -0.39 is 0 Å². The number of nitrogens with zero attached hydrogens (tertiary/aromatic N) is 1. The zero-order chi connectivity index (χ0) is 12.1. The van der Waals surface area contributed by atoms with Crippen molar-refractivity contribution in [1.82, 2.24) is 4.90 Å². The molecule has 2 aliphatic rings. The summed E-state index contributed by atoms with van der Waals surface area (Å²) in [6.07, 6.45) is 10.8. The molecule has 0 bridgehead atoms. The molecule has 17 heavy (non-hydrogen) atoms. The molecule has 1 saturated heterocycles. The molecule has 3 nitrogen and oxygen atoms in total. The minimum Gasteiger partial charge on any atom is -0.505 e. The van der Waals surface area contributed by atoms with Gasteiger partial charge in [-0.1, -0.05) is 6.42 Å². The molecule has 0 spiro atoms. The van der Waals surface area contributed by atoms with E-state index in [4.69, 9.17) is 4.74 Å². The van der Waals surface area contributed by atoms with Crippen LogP contribution in [0.15, 0.2) is 12.3 Å². The molecular weight excluding hydrogens is 214 g/mol. The molecule has 0 aromatic heterocycles.